The zero-order valence-electron chi connectivity index (χ0n) is 9.07. The molecule has 0 bridgehead atoms. The van der Waals surface area contributed by atoms with Crippen LogP contribution in [0.25, 0.3) is 0 Å². The molecule has 0 amide bonds. The van der Waals surface area contributed by atoms with Gasteiger partial charge in [-0.2, -0.15) is 0 Å². The van der Waals surface area contributed by atoms with Gasteiger partial charge in [0.25, 0.3) is 0 Å². The highest BCUT2D eigenvalue weighted by Crippen LogP contribution is 2.33. The van der Waals surface area contributed by atoms with Gasteiger partial charge >= 0.3 is 5.97 Å². The summed E-state index contributed by atoms with van der Waals surface area (Å²) in [6.45, 7) is 1.91. The molecule has 1 aromatic rings. The molecule has 16 heavy (non-hydrogen) atoms. The van der Waals surface area contributed by atoms with Crippen LogP contribution in [0.3, 0.4) is 0 Å². The number of methoxy groups -OCH3 is 1. The van der Waals surface area contributed by atoms with Gasteiger partial charge in [-0.1, -0.05) is 12.1 Å². The summed E-state index contributed by atoms with van der Waals surface area (Å²) >= 11 is 3.28. The molecule has 4 nitrogen and oxygen atoms in total. The number of hydrogen-bond donors (Lipinski definition) is 1. The number of carbonyl (C=O) groups is 1. The van der Waals surface area contributed by atoms with Crippen LogP contribution in [0.2, 0.25) is 0 Å². The lowest BCUT2D eigenvalue weighted by Crippen LogP contribution is -2.16. The van der Waals surface area contributed by atoms with Crippen molar-refractivity contribution in [1.29, 1.82) is 0 Å². The predicted molar refractivity (Wildman–Crippen MR) is 62.3 cm³/mol. The van der Waals surface area contributed by atoms with E-state index in [4.69, 9.17) is 9.47 Å². The highest BCUT2D eigenvalue weighted by molar-refractivity contribution is 9.10. The summed E-state index contributed by atoms with van der Waals surface area (Å²) in [5.41, 5.74) is 0.385. The standard InChI is InChI=1S/C11H13BrO4/c1-3-16-11(14)9(13)7-5-4-6-8(12)10(7)15-2/h4-6,9,13H,3H2,1-2H3. The average Bonchev–Trinajstić information content (AvgIpc) is 2.28. The van der Waals surface area contributed by atoms with E-state index < -0.39 is 12.1 Å². The Morgan fingerprint density at radius 2 is 2.25 bits per heavy atom. The molecule has 1 rings (SSSR count). The molecule has 0 spiro atoms. The topological polar surface area (TPSA) is 55.8 Å². The first-order chi connectivity index (χ1) is 7.61. The van der Waals surface area contributed by atoms with Crippen molar-refractivity contribution in [3.63, 3.8) is 0 Å². The third-order valence-electron chi connectivity index (χ3n) is 2.01. The van der Waals surface area contributed by atoms with Crippen LogP contribution in [-0.2, 0) is 9.53 Å². The number of ether oxygens (including phenoxy) is 2. The number of halogens is 1. The van der Waals surface area contributed by atoms with Crippen LogP contribution in [0.5, 0.6) is 5.75 Å². The highest BCUT2D eigenvalue weighted by Gasteiger charge is 2.23. The van der Waals surface area contributed by atoms with Gasteiger partial charge in [0, 0.05) is 5.56 Å². The second kappa shape index (κ2) is 5.86. The second-order valence-electron chi connectivity index (χ2n) is 3.02. The average molecular weight is 289 g/mol. The van der Waals surface area contributed by atoms with E-state index in [2.05, 4.69) is 15.9 Å². The van der Waals surface area contributed by atoms with E-state index in [-0.39, 0.29) is 6.61 Å². The zero-order chi connectivity index (χ0) is 12.1. The van der Waals surface area contributed by atoms with Crippen molar-refractivity contribution in [3.8, 4) is 5.75 Å². The lowest BCUT2D eigenvalue weighted by Gasteiger charge is -2.14. The summed E-state index contributed by atoms with van der Waals surface area (Å²) in [6, 6.07) is 5.09. The van der Waals surface area contributed by atoms with Crippen LogP contribution in [-0.4, -0.2) is 24.8 Å². The molecule has 5 heteroatoms. The van der Waals surface area contributed by atoms with Gasteiger partial charge in [0.05, 0.1) is 18.2 Å². The molecular weight excluding hydrogens is 276 g/mol. The summed E-state index contributed by atoms with van der Waals surface area (Å²) in [5.74, 6) is -0.248. The largest absolute Gasteiger partial charge is 0.495 e. The van der Waals surface area contributed by atoms with Gasteiger partial charge in [-0.3, -0.25) is 0 Å². The van der Waals surface area contributed by atoms with Crippen molar-refractivity contribution >= 4 is 21.9 Å². The normalized spacial score (nSPS) is 12.0. The minimum Gasteiger partial charge on any atom is -0.495 e. The number of benzene rings is 1. The first-order valence-electron chi connectivity index (χ1n) is 4.78. The molecule has 1 aromatic carbocycles. The van der Waals surface area contributed by atoms with E-state index in [0.29, 0.717) is 15.8 Å². The Labute approximate surface area is 102 Å². The first-order valence-corrected chi connectivity index (χ1v) is 5.58. The van der Waals surface area contributed by atoms with Crippen LogP contribution in [0, 0.1) is 0 Å². The number of rotatable bonds is 4. The number of carbonyl (C=O) groups excluding carboxylic acids is 1. The maximum absolute atomic E-state index is 11.4. The van der Waals surface area contributed by atoms with Gasteiger partial charge in [0.2, 0.25) is 0 Å². The van der Waals surface area contributed by atoms with Gasteiger partial charge in [-0.15, -0.1) is 0 Å². The number of para-hydroxylation sites is 1. The Morgan fingerprint density at radius 1 is 1.56 bits per heavy atom. The summed E-state index contributed by atoms with van der Waals surface area (Å²) in [4.78, 5) is 11.4. The van der Waals surface area contributed by atoms with E-state index in [9.17, 15) is 9.90 Å². The molecule has 0 aromatic heterocycles. The molecule has 0 aliphatic carbocycles. The van der Waals surface area contributed by atoms with Gasteiger partial charge in [-0.25, -0.2) is 4.79 Å². The fraction of sp³-hybridized carbons (Fsp3) is 0.364. The molecule has 0 aliphatic heterocycles. The number of aliphatic hydroxyl groups excluding tert-OH is 1. The maximum atomic E-state index is 11.4. The van der Waals surface area contributed by atoms with Crippen LogP contribution in [0.1, 0.15) is 18.6 Å². The Kier molecular flexibility index (Phi) is 4.76. The van der Waals surface area contributed by atoms with Crippen molar-refractivity contribution in [2.75, 3.05) is 13.7 Å². The Hall–Kier alpha value is -1.07. The Morgan fingerprint density at radius 3 is 2.81 bits per heavy atom. The molecule has 1 unspecified atom stereocenters. The molecule has 1 N–H and O–H groups in total. The Bertz CT molecular complexity index is 378. The molecule has 0 heterocycles. The smallest absolute Gasteiger partial charge is 0.339 e. The van der Waals surface area contributed by atoms with Crippen LogP contribution in [0.4, 0.5) is 0 Å². The first kappa shape index (κ1) is 13.0. The van der Waals surface area contributed by atoms with E-state index in [1.165, 1.54) is 7.11 Å². The summed E-state index contributed by atoms with van der Waals surface area (Å²) in [6.07, 6.45) is -1.33. The van der Waals surface area contributed by atoms with E-state index in [1.807, 2.05) is 0 Å². The number of aliphatic hydroxyl groups is 1. The molecule has 88 valence electrons. The third-order valence-corrected chi connectivity index (χ3v) is 2.63. The minimum atomic E-state index is -1.33. The minimum absolute atomic E-state index is 0.228. The second-order valence-corrected chi connectivity index (χ2v) is 3.87. The Balaban J connectivity index is 3.03. The van der Waals surface area contributed by atoms with Gasteiger partial charge < -0.3 is 14.6 Å². The molecule has 0 aliphatic rings. The lowest BCUT2D eigenvalue weighted by atomic mass is 10.1. The third kappa shape index (κ3) is 2.74. The van der Waals surface area contributed by atoms with Gasteiger partial charge in [-0.05, 0) is 28.9 Å². The van der Waals surface area contributed by atoms with Gasteiger partial charge in [0.15, 0.2) is 6.10 Å². The van der Waals surface area contributed by atoms with Crippen LogP contribution >= 0.6 is 15.9 Å². The zero-order valence-corrected chi connectivity index (χ0v) is 10.7. The molecular formula is C11H13BrO4. The van der Waals surface area contributed by atoms with Crippen LogP contribution < -0.4 is 4.74 Å². The summed E-state index contributed by atoms with van der Waals surface area (Å²) in [5, 5.41) is 9.78. The van der Waals surface area contributed by atoms with Crippen molar-refractivity contribution in [2.24, 2.45) is 0 Å². The van der Waals surface area contributed by atoms with Crippen molar-refractivity contribution < 1.29 is 19.4 Å². The van der Waals surface area contributed by atoms with Crippen LogP contribution in [0.15, 0.2) is 22.7 Å². The molecule has 0 radical (unpaired) electrons. The number of esters is 1. The highest BCUT2D eigenvalue weighted by atomic mass is 79.9. The maximum Gasteiger partial charge on any atom is 0.339 e. The number of hydrogen-bond acceptors (Lipinski definition) is 4. The quantitative estimate of drug-likeness (QED) is 0.862. The van der Waals surface area contributed by atoms with Gasteiger partial charge in [0.1, 0.15) is 5.75 Å². The van der Waals surface area contributed by atoms with Crippen molar-refractivity contribution in [2.45, 2.75) is 13.0 Å². The molecule has 1 atom stereocenters. The molecule has 0 saturated carbocycles. The van der Waals surface area contributed by atoms with Crippen molar-refractivity contribution in [1.82, 2.24) is 0 Å². The van der Waals surface area contributed by atoms with E-state index in [0.717, 1.165) is 0 Å². The lowest BCUT2D eigenvalue weighted by molar-refractivity contribution is -0.153. The summed E-state index contributed by atoms with van der Waals surface area (Å²) < 4.78 is 10.5. The van der Waals surface area contributed by atoms with E-state index >= 15 is 0 Å². The predicted octanol–water partition coefficient (Wildman–Crippen LogP) is 2.05. The SMILES string of the molecule is CCOC(=O)C(O)c1cccc(Br)c1OC. The fourth-order valence-corrected chi connectivity index (χ4v) is 1.85. The summed E-state index contributed by atoms with van der Waals surface area (Å²) in [7, 11) is 1.47. The molecule has 0 saturated heterocycles. The van der Waals surface area contributed by atoms with Crippen molar-refractivity contribution in [3.05, 3.63) is 28.2 Å². The van der Waals surface area contributed by atoms with E-state index in [1.54, 1.807) is 25.1 Å². The monoisotopic (exact) mass is 288 g/mol. The molecule has 0 fully saturated rings. The fourth-order valence-electron chi connectivity index (χ4n) is 1.30.